The second-order valence-electron chi connectivity index (χ2n) is 6.32. The lowest BCUT2D eigenvalue weighted by Gasteiger charge is -2.06. The molecule has 0 unspecified atom stereocenters. The molecule has 0 aromatic carbocycles. The van der Waals surface area contributed by atoms with Crippen LogP contribution >= 0.6 is 0 Å². The van der Waals surface area contributed by atoms with Crippen LogP contribution in [0.4, 0.5) is 17.6 Å². The first kappa shape index (κ1) is 14.8. The normalized spacial score (nSPS) is 13.8. The maximum atomic E-state index is 4.47. The van der Waals surface area contributed by atoms with Crippen LogP contribution in [0.5, 0.6) is 0 Å². The molecule has 0 amide bonds. The quantitative estimate of drug-likeness (QED) is 0.423. The molecule has 26 heavy (non-hydrogen) atoms. The molecule has 4 aromatic rings. The first-order chi connectivity index (χ1) is 12.8. The van der Waals surface area contributed by atoms with Gasteiger partial charge in [0.05, 0.1) is 35.8 Å². The van der Waals surface area contributed by atoms with E-state index in [1.54, 1.807) is 18.7 Å². The van der Waals surface area contributed by atoms with Crippen molar-refractivity contribution in [3.05, 3.63) is 48.3 Å². The highest BCUT2D eigenvalue weighted by Gasteiger charge is 2.25. The molecule has 4 heterocycles. The van der Waals surface area contributed by atoms with Crippen molar-refractivity contribution in [2.24, 2.45) is 0 Å². The van der Waals surface area contributed by atoms with Gasteiger partial charge in [0, 0.05) is 23.9 Å². The van der Waals surface area contributed by atoms with Gasteiger partial charge >= 0.3 is 0 Å². The topological polar surface area (TPSA) is 120 Å². The number of rotatable bonds is 6. The van der Waals surface area contributed by atoms with Gasteiger partial charge in [-0.3, -0.25) is 10.1 Å². The summed E-state index contributed by atoms with van der Waals surface area (Å²) >= 11 is 0. The molecular formula is C17H17N9. The number of nitrogens with one attached hydrogen (secondary N) is 4. The predicted octanol–water partition coefficient (Wildman–Crippen LogP) is 2.70. The van der Waals surface area contributed by atoms with Crippen LogP contribution in [0.1, 0.15) is 30.1 Å². The van der Waals surface area contributed by atoms with Crippen molar-refractivity contribution in [2.45, 2.75) is 25.3 Å². The summed E-state index contributed by atoms with van der Waals surface area (Å²) in [5, 5.41) is 13.7. The van der Waals surface area contributed by atoms with Gasteiger partial charge in [-0.1, -0.05) is 0 Å². The lowest BCUT2D eigenvalue weighted by atomic mass is 10.3. The Balaban J connectivity index is 1.26. The summed E-state index contributed by atoms with van der Waals surface area (Å²) in [6, 6.07) is 5.78. The molecular weight excluding hydrogens is 330 g/mol. The monoisotopic (exact) mass is 347 g/mol. The molecule has 1 saturated carbocycles. The minimum absolute atomic E-state index is 0.514. The Hall–Kier alpha value is -3.49. The Kier molecular flexibility index (Phi) is 3.48. The Bertz CT molecular complexity index is 1050. The summed E-state index contributed by atoms with van der Waals surface area (Å²) in [5.74, 6) is 2.62. The van der Waals surface area contributed by atoms with Crippen LogP contribution in [0.2, 0.25) is 0 Å². The number of fused-ring (bicyclic) bond motifs is 1. The first-order valence-electron chi connectivity index (χ1n) is 8.51. The lowest BCUT2D eigenvalue weighted by Crippen LogP contribution is -2.06. The van der Waals surface area contributed by atoms with Crippen molar-refractivity contribution < 1.29 is 0 Å². The number of aromatic nitrogens is 7. The highest BCUT2D eigenvalue weighted by molar-refractivity contribution is 5.73. The fourth-order valence-electron chi connectivity index (χ4n) is 2.79. The molecule has 0 aliphatic heterocycles. The van der Waals surface area contributed by atoms with Crippen LogP contribution in [0, 0.1) is 0 Å². The number of hydrogen-bond donors (Lipinski definition) is 4. The van der Waals surface area contributed by atoms with E-state index in [0.717, 1.165) is 22.5 Å². The van der Waals surface area contributed by atoms with Crippen molar-refractivity contribution in [1.82, 2.24) is 35.1 Å². The zero-order valence-corrected chi connectivity index (χ0v) is 13.9. The molecule has 0 atom stereocenters. The fraction of sp³-hybridized carbons (Fsp3) is 0.235. The van der Waals surface area contributed by atoms with Crippen LogP contribution in [0.25, 0.3) is 11.0 Å². The molecule has 1 fully saturated rings. The standard InChI is InChI=1S/C17H17N9/c1-2-10(1)12-6-16(26-25-12)23-15-3-4-18-17(24-15)20-7-11-5-13-14(8-19-11)22-9-21-13/h3-6,8-10H,1-2,7H2,(H,21,22)(H3,18,20,23,24,25,26). The maximum Gasteiger partial charge on any atom is 0.224 e. The molecule has 9 nitrogen and oxygen atoms in total. The summed E-state index contributed by atoms with van der Waals surface area (Å²) in [7, 11) is 0. The SMILES string of the molecule is c1cc(Nc2cc(C3CC3)[nH]n2)nc(NCc2cc3nc[nH]c3cn2)n1. The number of anilines is 3. The number of H-pyrrole nitrogens is 2. The van der Waals surface area contributed by atoms with E-state index >= 15 is 0 Å². The van der Waals surface area contributed by atoms with Crippen molar-refractivity contribution in [3.8, 4) is 0 Å². The van der Waals surface area contributed by atoms with Crippen LogP contribution < -0.4 is 10.6 Å². The van der Waals surface area contributed by atoms with Gasteiger partial charge in [-0.15, -0.1) is 0 Å². The molecule has 5 rings (SSSR count). The van der Waals surface area contributed by atoms with Gasteiger partial charge < -0.3 is 15.6 Å². The van der Waals surface area contributed by atoms with E-state index in [9.17, 15) is 0 Å². The van der Waals surface area contributed by atoms with Gasteiger partial charge in [-0.05, 0) is 25.0 Å². The summed E-state index contributed by atoms with van der Waals surface area (Å²) < 4.78 is 0. The molecule has 1 aliphatic rings. The van der Waals surface area contributed by atoms with E-state index in [4.69, 9.17) is 0 Å². The Labute approximate surface area is 148 Å². The van der Waals surface area contributed by atoms with Crippen LogP contribution in [0.15, 0.2) is 36.9 Å². The van der Waals surface area contributed by atoms with E-state index < -0.39 is 0 Å². The minimum atomic E-state index is 0.514. The van der Waals surface area contributed by atoms with Gasteiger partial charge in [-0.25, -0.2) is 9.97 Å². The van der Waals surface area contributed by atoms with Crippen LogP contribution in [-0.2, 0) is 6.54 Å². The van der Waals surface area contributed by atoms with Crippen molar-refractivity contribution in [1.29, 1.82) is 0 Å². The number of hydrogen-bond acceptors (Lipinski definition) is 7. The molecule has 1 aliphatic carbocycles. The third-order valence-corrected chi connectivity index (χ3v) is 4.32. The molecule has 0 bridgehead atoms. The molecule has 0 saturated heterocycles. The Morgan fingerprint density at radius 1 is 1.12 bits per heavy atom. The predicted molar refractivity (Wildman–Crippen MR) is 97.1 cm³/mol. The Morgan fingerprint density at radius 2 is 2.08 bits per heavy atom. The maximum absolute atomic E-state index is 4.47. The highest BCUT2D eigenvalue weighted by atomic mass is 15.2. The molecule has 0 spiro atoms. The molecule has 4 aromatic heterocycles. The van der Waals surface area contributed by atoms with Gasteiger partial charge in [0.15, 0.2) is 5.82 Å². The van der Waals surface area contributed by atoms with E-state index in [-0.39, 0.29) is 0 Å². The van der Waals surface area contributed by atoms with Gasteiger partial charge in [0.25, 0.3) is 0 Å². The number of pyridine rings is 1. The second-order valence-corrected chi connectivity index (χ2v) is 6.32. The number of imidazole rings is 1. The average Bonchev–Trinajstić information content (AvgIpc) is 3.23. The van der Waals surface area contributed by atoms with E-state index in [1.165, 1.54) is 18.5 Å². The minimum Gasteiger partial charge on any atom is -0.349 e. The van der Waals surface area contributed by atoms with E-state index in [0.29, 0.717) is 24.2 Å². The lowest BCUT2D eigenvalue weighted by molar-refractivity contribution is 0.965. The zero-order chi connectivity index (χ0) is 17.3. The van der Waals surface area contributed by atoms with Gasteiger partial charge in [0.1, 0.15) is 5.82 Å². The van der Waals surface area contributed by atoms with Crippen molar-refractivity contribution in [3.63, 3.8) is 0 Å². The van der Waals surface area contributed by atoms with Crippen molar-refractivity contribution in [2.75, 3.05) is 10.6 Å². The summed E-state index contributed by atoms with van der Waals surface area (Å²) in [6.45, 7) is 0.514. The summed E-state index contributed by atoms with van der Waals surface area (Å²) in [4.78, 5) is 20.4. The third kappa shape index (κ3) is 3.06. The first-order valence-corrected chi connectivity index (χ1v) is 8.51. The number of nitrogens with zero attached hydrogens (tertiary/aromatic N) is 5. The number of aromatic amines is 2. The average molecular weight is 347 g/mol. The molecule has 130 valence electrons. The zero-order valence-electron chi connectivity index (χ0n) is 13.9. The molecule has 0 radical (unpaired) electrons. The summed E-state index contributed by atoms with van der Waals surface area (Å²) in [5.41, 5.74) is 3.85. The van der Waals surface area contributed by atoms with E-state index in [2.05, 4.69) is 45.8 Å². The fourth-order valence-corrected chi connectivity index (χ4v) is 2.79. The van der Waals surface area contributed by atoms with Crippen LogP contribution in [-0.4, -0.2) is 35.1 Å². The molecule has 9 heteroatoms. The highest BCUT2D eigenvalue weighted by Crippen LogP contribution is 2.39. The van der Waals surface area contributed by atoms with Crippen LogP contribution in [0.3, 0.4) is 0 Å². The van der Waals surface area contributed by atoms with E-state index in [1.807, 2.05) is 18.2 Å². The second kappa shape index (κ2) is 6.10. The largest absolute Gasteiger partial charge is 0.349 e. The van der Waals surface area contributed by atoms with Crippen molar-refractivity contribution >= 4 is 28.6 Å². The molecule has 4 N–H and O–H groups in total. The Morgan fingerprint density at radius 3 is 3.00 bits per heavy atom. The van der Waals surface area contributed by atoms with Gasteiger partial charge in [-0.2, -0.15) is 10.1 Å². The smallest absolute Gasteiger partial charge is 0.224 e. The summed E-state index contributed by atoms with van der Waals surface area (Å²) in [6.07, 6.45) is 7.61. The third-order valence-electron chi connectivity index (χ3n) is 4.32. The van der Waals surface area contributed by atoms with Gasteiger partial charge in [0.2, 0.25) is 5.95 Å².